The quantitative estimate of drug-likeness (QED) is 0.779. The van der Waals surface area contributed by atoms with Gasteiger partial charge in [0.2, 0.25) is 6.79 Å². The molecule has 1 amide bonds. The number of carbonyl (C=O) groups is 1. The molecule has 0 fully saturated rings. The van der Waals surface area contributed by atoms with E-state index in [0.29, 0.717) is 13.1 Å². The fraction of sp³-hybridized carbons (Fsp3) is 0.316. The highest BCUT2D eigenvalue weighted by Crippen LogP contribution is 2.32. The van der Waals surface area contributed by atoms with Gasteiger partial charge in [0.1, 0.15) is 12.3 Å². The minimum Gasteiger partial charge on any atom is -0.497 e. The SMILES string of the molecule is COc1ccc(C[NH+](C)CC(=O)NCc2ccc3c(c2)OCO3)cc1. The number of quaternary nitrogens is 1. The smallest absolute Gasteiger partial charge is 0.275 e. The molecule has 0 spiro atoms. The van der Waals surface area contributed by atoms with E-state index in [2.05, 4.69) is 5.32 Å². The van der Waals surface area contributed by atoms with Crippen molar-refractivity contribution in [3.8, 4) is 17.2 Å². The van der Waals surface area contributed by atoms with Gasteiger partial charge in [0.25, 0.3) is 5.91 Å². The molecule has 1 heterocycles. The van der Waals surface area contributed by atoms with Gasteiger partial charge in [-0.25, -0.2) is 0 Å². The van der Waals surface area contributed by atoms with Crippen LogP contribution in [-0.2, 0) is 17.9 Å². The van der Waals surface area contributed by atoms with E-state index in [1.165, 1.54) is 5.56 Å². The molecule has 0 radical (unpaired) electrons. The second-order valence-corrected chi connectivity index (χ2v) is 6.12. The van der Waals surface area contributed by atoms with Gasteiger partial charge in [-0.1, -0.05) is 6.07 Å². The molecule has 0 bridgehead atoms. The lowest BCUT2D eigenvalue weighted by Crippen LogP contribution is -3.08. The number of hydrogen-bond donors (Lipinski definition) is 2. The Morgan fingerprint density at radius 2 is 1.84 bits per heavy atom. The number of methoxy groups -OCH3 is 1. The maximum atomic E-state index is 12.1. The number of amides is 1. The molecule has 3 rings (SSSR count). The Kier molecular flexibility index (Phi) is 5.40. The van der Waals surface area contributed by atoms with Crippen LogP contribution in [0.2, 0.25) is 0 Å². The zero-order chi connectivity index (χ0) is 17.6. The van der Waals surface area contributed by atoms with Crippen LogP contribution in [0.1, 0.15) is 11.1 Å². The minimum atomic E-state index is 0.0173. The number of ether oxygens (including phenoxy) is 3. The van der Waals surface area contributed by atoms with Gasteiger partial charge in [0, 0.05) is 12.1 Å². The van der Waals surface area contributed by atoms with Crippen LogP contribution in [0.15, 0.2) is 42.5 Å². The highest BCUT2D eigenvalue weighted by atomic mass is 16.7. The van der Waals surface area contributed by atoms with Crippen LogP contribution in [0.25, 0.3) is 0 Å². The predicted molar refractivity (Wildman–Crippen MR) is 92.9 cm³/mol. The van der Waals surface area contributed by atoms with E-state index >= 15 is 0 Å². The van der Waals surface area contributed by atoms with Crippen LogP contribution in [0.4, 0.5) is 0 Å². The molecule has 1 atom stereocenters. The summed E-state index contributed by atoms with van der Waals surface area (Å²) in [5.41, 5.74) is 2.16. The molecule has 1 aliphatic heterocycles. The molecule has 1 aliphatic rings. The van der Waals surface area contributed by atoms with Gasteiger partial charge in [-0.2, -0.15) is 0 Å². The summed E-state index contributed by atoms with van der Waals surface area (Å²) in [6.07, 6.45) is 0. The van der Waals surface area contributed by atoms with Gasteiger partial charge in [0.15, 0.2) is 18.0 Å². The van der Waals surface area contributed by atoms with Crippen LogP contribution < -0.4 is 24.4 Å². The number of benzene rings is 2. The monoisotopic (exact) mass is 343 g/mol. The Balaban J connectivity index is 1.45. The predicted octanol–water partition coefficient (Wildman–Crippen LogP) is 0.755. The Morgan fingerprint density at radius 1 is 1.12 bits per heavy atom. The van der Waals surface area contributed by atoms with Crippen molar-refractivity contribution >= 4 is 5.91 Å². The highest BCUT2D eigenvalue weighted by molar-refractivity contribution is 5.76. The zero-order valence-electron chi connectivity index (χ0n) is 14.5. The lowest BCUT2D eigenvalue weighted by atomic mass is 10.2. The summed E-state index contributed by atoms with van der Waals surface area (Å²) in [7, 11) is 3.65. The highest BCUT2D eigenvalue weighted by Gasteiger charge is 2.14. The van der Waals surface area contributed by atoms with Crippen LogP contribution in [0, 0.1) is 0 Å². The minimum absolute atomic E-state index is 0.0173. The molecule has 25 heavy (non-hydrogen) atoms. The summed E-state index contributed by atoms with van der Waals surface area (Å²) >= 11 is 0. The summed E-state index contributed by atoms with van der Waals surface area (Å²) in [5, 5.41) is 2.95. The summed E-state index contributed by atoms with van der Waals surface area (Å²) in [6, 6.07) is 13.6. The Labute approximate surface area is 147 Å². The maximum Gasteiger partial charge on any atom is 0.275 e. The van der Waals surface area contributed by atoms with Crippen LogP contribution in [0.3, 0.4) is 0 Å². The molecule has 1 unspecified atom stereocenters. The van der Waals surface area contributed by atoms with Gasteiger partial charge in [-0.3, -0.25) is 4.79 Å². The van der Waals surface area contributed by atoms with Gasteiger partial charge in [0.05, 0.1) is 14.2 Å². The Bertz CT molecular complexity index is 731. The van der Waals surface area contributed by atoms with Gasteiger partial charge in [-0.05, 0) is 42.0 Å². The molecule has 0 aromatic heterocycles. The Hall–Kier alpha value is -2.73. The van der Waals surface area contributed by atoms with E-state index in [1.807, 2.05) is 49.5 Å². The molecule has 6 nitrogen and oxygen atoms in total. The maximum absolute atomic E-state index is 12.1. The second kappa shape index (κ2) is 7.90. The number of carbonyl (C=O) groups excluding carboxylic acids is 1. The average molecular weight is 343 g/mol. The molecule has 0 aliphatic carbocycles. The molecule has 0 saturated heterocycles. The lowest BCUT2D eigenvalue weighted by Gasteiger charge is -2.14. The topological polar surface area (TPSA) is 61.2 Å². The lowest BCUT2D eigenvalue weighted by molar-refractivity contribution is -0.885. The number of hydrogen-bond acceptors (Lipinski definition) is 4. The van der Waals surface area contributed by atoms with E-state index in [0.717, 1.165) is 34.3 Å². The molecule has 2 aromatic rings. The summed E-state index contributed by atoms with van der Waals surface area (Å²) in [4.78, 5) is 13.3. The second-order valence-electron chi connectivity index (χ2n) is 6.12. The van der Waals surface area contributed by atoms with Crippen molar-refractivity contribution in [2.24, 2.45) is 0 Å². The molecular formula is C19H23N2O4+. The van der Waals surface area contributed by atoms with Crippen LogP contribution in [-0.4, -0.2) is 33.4 Å². The zero-order valence-corrected chi connectivity index (χ0v) is 14.5. The average Bonchev–Trinajstić information content (AvgIpc) is 3.08. The van der Waals surface area contributed by atoms with Crippen LogP contribution in [0.5, 0.6) is 17.2 Å². The number of fused-ring (bicyclic) bond motifs is 1. The van der Waals surface area contributed by atoms with E-state index < -0.39 is 0 Å². The van der Waals surface area contributed by atoms with Gasteiger partial charge < -0.3 is 24.4 Å². The summed E-state index contributed by atoms with van der Waals surface area (Å²) < 4.78 is 15.8. The van der Waals surface area contributed by atoms with E-state index in [-0.39, 0.29) is 12.7 Å². The molecule has 0 saturated carbocycles. The third-order valence-corrected chi connectivity index (χ3v) is 4.05. The number of nitrogens with one attached hydrogen (secondary N) is 2. The van der Waals surface area contributed by atoms with Crippen molar-refractivity contribution < 1.29 is 23.9 Å². The van der Waals surface area contributed by atoms with Crippen LogP contribution >= 0.6 is 0 Å². The molecular weight excluding hydrogens is 320 g/mol. The largest absolute Gasteiger partial charge is 0.497 e. The molecule has 132 valence electrons. The van der Waals surface area contributed by atoms with Crippen molar-refractivity contribution in [1.29, 1.82) is 0 Å². The van der Waals surface area contributed by atoms with Crippen molar-refractivity contribution in [2.75, 3.05) is 27.5 Å². The molecule has 6 heteroatoms. The third-order valence-electron chi connectivity index (χ3n) is 4.05. The first kappa shape index (κ1) is 17.1. The summed E-state index contributed by atoms with van der Waals surface area (Å²) in [5.74, 6) is 2.33. The Morgan fingerprint density at radius 3 is 2.60 bits per heavy atom. The standard InChI is InChI=1S/C19H22N2O4/c1-21(11-14-3-6-16(23-2)7-4-14)12-19(22)20-10-15-5-8-17-18(9-15)25-13-24-17/h3-9H,10-13H2,1-2H3,(H,20,22)/p+1. The van der Waals surface area contributed by atoms with Gasteiger partial charge in [-0.15, -0.1) is 0 Å². The number of rotatable bonds is 7. The van der Waals surface area contributed by atoms with Crippen molar-refractivity contribution in [3.05, 3.63) is 53.6 Å². The molecule has 2 aromatic carbocycles. The fourth-order valence-corrected chi connectivity index (χ4v) is 2.74. The normalized spacial score (nSPS) is 13.4. The fourth-order valence-electron chi connectivity index (χ4n) is 2.74. The van der Waals surface area contributed by atoms with Crippen molar-refractivity contribution in [2.45, 2.75) is 13.1 Å². The van der Waals surface area contributed by atoms with Crippen molar-refractivity contribution in [3.63, 3.8) is 0 Å². The summed E-state index contributed by atoms with van der Waals surface area (Å²) in [6.45, 7) is 1.92. The van der Waals surface area contributed by atoms with Gasteiger partial charge >= 0.3 is 0 Å². The van der Waals surface area contributed by atoms with Crippen molar-refractivity contribution in [1.82, 2.24) is 5.32 Å². The first-order valence-electron chi connectivity index (χ1n) is 8.23. The van der Waals surface area contributed by atoms with E-state index in [1.54, 1.807) is 7.11 Å². The van der Waals surface area contributed by atoms with E-state index in [9.17, 15) is 4.79 Å². The number of likely N-dealkylation sites (N-methyl/N-ethyl adjacent to an activating group) is 1. The third kappa shape index (κ3) is 4.64. The molecule has 2 N–H and O–H groups in total. The first-order valence-corrected chi connectivity index (χ1v) is 8.23. The van der Waals surface area contributed by atoms with E-state index in [4.69, 9.17) is 14.2 Å². The first-order chi connectivity index (χ1) is 12.1.